The summed E-state index contributed by atoms with van der Waals surface area (Å²) < 4.78 is 21.8. The van der Waals surface area contributed by atoms with Gasteiger partial charge in [0.15, 0.2) is 11.5 Å². The summed E-state index contributed by atoms with van der Waals surface area (Å²) in [6.45, 7) is 0.384. The number of halogens is 1. The fourth-order valence-corrected chi connectivity index (χ4v) is 3.02. The molecule has 0 heterocycles. The normalized spacial score (nSPS) is 10.6. The van der Waals surface area contributed by atoms with Crippen LogP contribution in [0.25, 0.3) is 6.08 Å². The topological polar surface area (TPSA) is 66.0 Å². The zero-order valence-electron chi connectivity index (χ0n) is 18.1. The second-order valence-electron chi connectivity index (χ2n) is 6.71. The van der Waals surface area contributed by atoms with Crippen molar-refractivity contribution in [2.75, 3.05) is 26.6 Å². The van der Waals surface area contributed by atoms with Crippen molar-refractivity contribution < 1.29 is 23.7 Å². The minimum absolute atomic E-state index is 0.296. The molecule has 0 unspecified atom stereocenters. The summed E-state index contributed by atoms with van der Waals surface area (Å²) >= 11 is 5.91. The van der Waals surface area contributed by atoms with E-state index in [4.69, 9.17) is 30.5 Å². The Morgan fingerprint density at radius 1 is 0.875 bits per heavy atom. The van der Waals surface area contributed by atoms with E-state index in [1.807, 2.05) is 30.3 Å². The number of anilines is 1. The maximum atomic E-state index is 12.4. The van der Waals surface area contributed by atoms with Crippen molar-refractivity contribution in [2.45, 2.75) is 6.61 Å². The highest BCUT2D eigenvalue weighted by atomic mass is 35.5. The van der Waals surface area contributed by atoms with Crippen LogP contribution < -0.4 is 24.3 Å². The molecule has 0 atom stereocenters. The van der Waals surface area contributed by atoms with Gasteiger partial charge in [0.2, 0.25) is 5.91 Å². The lowest BCUT2D eigenvalue weighted by molar-refractivity contribution is -0.111. The molecule has 6 nitrogen and oxygen atoms in total. The van der Waals surface area contributed by atoms with E-state index in [2.05, 4.69) is 5.32 Å². The summed E-state index contributed by atoms with van der Waals surface area (Å²) in [5.41, 5.74) is 2.33. The first kappa shape index (κ1) is 23.0. The van der Waals surface area contributed by atoms with E-state index in [9.17, 15) is 4.79 Å². The smallest absolute Gasteiger partial charge is 0.248 e. The number of carbonyl (C=O) groups excluding carboxylic acids is 1. The molecule has 0 fully saturated rings. The molecular weight excluding hydrogens is 430 g/mol. The molecule has 0 radical (unpaired) electrons. The highest BCUT2D eigenvalue weighted by Gasteiger charge is 2.08. The van der Waals surface area contributed by atoms with Crippen molar-refractivity contribution in [1.29, 1.82) is 0 Å². The Morgan fingerprint density at radius 2 is 1.62 bits per heavy atom. The summed E-state index contributed by atoms with van der Waals surface area (Å²) in [5, 5.41) is 3.47. The first-order valence-electron chi connectivity index (χ1n) is 9.78. The lowest BCUT2D eigenvalue weighted by Gasteiger charge is -2.12. The molecule has 0 bridgehead atoms. The third kappa shape index (κ3) is 6.18. The van der Waals surface area contributed by atoms with Gasteiger partial charge in [-0.1, -0.05) is 29.8 Å². The van der Waals surface area contributed by atoms with Crippen LogP contribution in [0.3, 0.4) is 0 Å². The number of ether oxygens (including phenoxy) is 4. The number of rotatable bonds is 9. The Hall–Kier alpha value is -3.64. The number of hydrogen-bond acceptors (Lipinski definition) is 5. The largest absolute Gasteiger partial charge is 0.497 e. The second-order valence-corrected chi connectivity index (χ2v) is 7.15. The molecule has 0 aliphatic carbocycles. The summed E-state index contributed by atoms with van der Waals surface area (Å²) in [6.07, 6.45) is 3.13. The van der Waals surface area contributed by atoms with E-state index in [0.29, 0.717) is 40.3 Å². The van der Waals surface area contributed by atoms with E-state index in [-0.39, 0.29) is 5.91 Å². The van der Waals surface area contributed by atoms with Crippen LogP contribution in [-0.2, 0) is 11.4 Å². The Morgan fingerprint density at radius 3 is 2.31 bits per heavy atom. The SMILES string of the molecule is COc1ccc(NC(=O)/C=C/c2ccc(OCc3ccc(Cl)cc3)c(OC)c2)c(OC)c1. The molecule has 0 saturated carbocycles. The monoisotopic (exact) mass is 453 g/mol. The van der Waals surface area contributed by atoms with Gasteiger partial charge in [-0.15, -0.1) is 0 Å². The van der Waals surface area contributed by atoms with Crippen LogP contribution in [0, 0.1) is 0 Å². The number of nitrogens with one attached hydrogen (secondary N) is 1. The Kier molecular flexibility index (Phi) is 8.00. The summed E-state index contributed by atoms with van der Waals surface area (Å²) in [5.74, 6) is 2.02. The van der Waals surface area contributed by atoms with Gasteiger partial charge in [-0.3, -0.25) is 4.79 Å². The molecule has 32 heavy (non-hydrogen) atoms. The summed E-state index contributed by atoms with van der Waals surface area (Å²) in [6, 6.07) is 18.1. The summed E-state index contributed by atoms with van der Waals surface area (Å²) in [4.78, 5) is 12.4. The molecule has 3 rings (SSSR count). The standard InChI is InChI=1S/C25H24ClNO5/c1-29-20-10-11-21(23(15-20)30-2)27-25(28)13-7-17-6-12-22(24(14-17)31-3)32-16-18-4-8-19(26)9-5-18/h4-15H,16H2,1-3H3,(H,27,28)/b13-7+. The van der Waals surface area contributed by atoms with Gasteiger partial charge in [-0.25, -0.2) is 0 Å². The molecule has 3 aromatic rings. The van der Waals surface area contributed by atoms with Crippen molar-refractivity contribution in [3.8, 4) is 23.0 Å². The van der Waals surface area contributed by atoms with Crippen molar-refractivity contribution in [1.82, 2.24) is 0 Å². The van der Waals surface area contributed by atoms with E-state index < -0.39 is 0 Å². The van der Waals surface area contributed by atoms with Crippen LogP contribution in [0.15, 0.2) is 66.7 Å². The first-order chi connectivity index (χ1) is 15.5. The second kappa shape index (κ2) is 11.1. The zero-order valence-corrected chi connectivity index (χ0v) is 18.8. The van der Waals surface area contributed by atoms with Crippen molar-refractivity contribution in [3.05, 3.63) is 82.9 Å². The van der Waals surface area contributed by atoms with E-state index in [1.54, 1.807) is 50.6 Å². The first-order valence-corrected chi connectivity index (χ1v) is 10.2. The van der Waals surface area contributed by atoms with Crippen LogP contribution >= 0.6 is 11.6 Å². The third-order valence-corrected chi connectivity index (χ3v) is 4.84. The number of benzene rings is 3. The Balaban J connectivity index is 1.65. The number of amides is 1. The van der Waals surface area contributed by atoms with Gasteiger partial charge in [0.25, 0.3) is 0 Å². The predicted octanol–water partition coefficient (Wildman–Crippen LogP) is 5.60. The van der Waals surface area contributed by atoms with E-state index >= 15 is 0 Å². The number of hydrogen-bond donors (Lipinski definition) is 1. The number of methoxy groups -OCH3 is 3. The Labute approximate surface area is 192 Å². The zero-order chi connectivity index (χ0) is 22.9. The molecular formula is C25H24ClNO5. The minimum atomic E-state index is -0.296. The number of carbonyl (C=O) groups is 1. The van der Waals surface area contributed by atoms with Gasteiger partial charge >= 0.3 is 0 Å². The minimum Gasteiger partial charge on any atom is -0.497 e. The molecule has 0 saturated heterocycles. The van der Waals surface area contributed by atoms with Crippen LogP contribution in [0.4, 0.5) is 5.69 Å². The maximum Gasteiger partial charge on any atom is 0.248 e. The van der Waals surface area contributed by atoms with Gasteiger partial charge in [-0.2, -0.15) is 0 Å². The highest BCUT2D eigenvalue weighted by Crippen LogP contribution is 2.30. The van der Waals surface area contributed by atoms with Crippen molar-refractivity contribution in [3.63, 3.8) is 0 Å². The van der Waals surface area contributed by atoms with E-state index in [1.165, 1.54) is 13.2 Å². The van der Waals surface area contributed by atoms with Crippen LogP contribution in [0.2, 0.25) is 5.02 Å². The fraction of sp³-hybridized carbons (Fsp3) is 0.160. The fourth-order valence-electron chi connectivity index (χ4n) is 2.90. The van der Waals surface area contributed by atoms with Crippen LogP contribution in [-0.4, -0.2) is 27.2 Å². The van der Waals surface area contributed by atoms with Crippen LogP contribution in [0.5, 0.6) is 23.0 Å². The van der Waals surface area contributed by atoms with Gasteiger partial charge in [0, 0.05) is 17.2 Å². The molecule has 1 N–H and O–H groups in total. The molecule has 1 amide bonds. The summed E-state index contributed by atoms with van der Waals surface area (Å²) in [7, 11) is 4.67. The average molecular weight is 454 g/mol. The lowest BCUT2D eigenvalue weighted by atomic mass is 10.2. The predicted molar refractivity (Wildman–Crippen MR) is 126 cm³/mol. The van der Waals surface area contributed by atoms with Gasteiger partial charge in [0.1, 0.15) is 18.1 Å². The van der Waals surface area contributed by atoms with E-state index in [0.717, 1.165) is 11.1 Å². The molecule has 0 aliphatic rings. The average Bonchev–Trinajstić information content (AvgIpc) is 2.82. The van der Waals surface area contributed by atoms with Crippen LogP contribution in [0.1, 0.15) is 11.1 Å². The molecule has 3 aromatic carbocycles. The highest BCUT2D eigenvalue weighted by molar-refractivity contribution is 6.30. The lowest BCUT2D eigenvalue weighted by Crippen LogP contribution is -2.09. The quantitative estimate of drug-likeness (QED) is 0.427. The molecule has 7 heteroatoms. The molecule has 0 aromatic heterocycles. The van der Waals surface area contributed by atoms with Gasteiger partial charge in [-0.05, 0) is 53.6 Å². The molecule has 0 aliphatic heterocycles. The van der Waals surface area contributed by atoms with Gasteiger partial charge in [0.05, 0.1) is 27.0 Å². The van der Waals surface area contributed by atoms with Crippen molar-refractivity contribution in [2.24, 2.45) is 0 Å². The maximum absolute atomic E-state index is 12.4. The Bertz CT molecular complexity index is 1100. The molecule has 0 spiro atoms. The van der Waals surface area contributed by atoms with Gasteiger partial charge < -0.3 is 24.3 Å². The van der Waals surface area contributed by atoms with Crippen molar-refractivity contribution >= 4 is 29.3 Å². The third-order valence-electron chi connectivity index (χ3n) is 4.59. The molecule has 166 valence electrons.